The molecule has 0 amide bonds. The second-order valence-corrected chi connectivity index (χ2v) is 2.69. The zero-order valence-corrected chi connectivity index (χ0v) is 7.96. The first-order valence-electron chi connectivity index (χ1n) is 4.31. The molecule has 1 aromatic heterocycles. The number of anilines is 2. The highest BCUT2D eigenvalue weighted by Crippen LogP contribution is 2.19. The minimum Gasteiger partial charge on any atom is -0.373 e. The van der Waals surface area contributed by atoms with Crippen molar-refractivity contribution in [1.82, 2.24) is 9.97 Å². The third-order valence-electron chi connectivity index (χ3n) is 1.82. The Labute approximate surface area is 77.7 Å². The van der Waals surface area contributed by atoms with Crippen molar-refractivity contribution in [1.29, 1.82) is 0 Å². The van der Waals surface area contributed by atoms with Gasteiger partial charge in [-0.2, -0.15) is 0 Å². The van der Waals surface area contributed by atoms with Crippen molar-refractivity contribution in [3.05, 3.63) is 11.9 Å². The fraction of sp³-hybridized carbons (Fsp3) is 0.500. The summed E-state index contributed by atoms with van der Waals surface area (Å²) in [5, 5.41) is 3.01. The number of rotatable bonds is 4. The Bertz CT molecular complexity index is 251. The van der Waals surface area contributed by atoms with Gasteiger partial charge < -0.3 is 10.7 Å². The molecule has 0 aromatic carbocycles. The number of nitrogens with one attached hydrogen (secondary N) is 2. The van der Waals surface area contributed by atoms with E-state index >= 15 is 0 Å². The van der Waals surface area contributed by atoms with E-state index < -0.39 is 0 Å². The van der Waals surface area contributed by atoms with Gasteiger partial charge in [-0.3, -0.25) is 0 Å². The topological polar surface area (TPSA) is 75.9 Å². The summed E-state index contributed by atoms with van der Waals surface area (Å²) in [4.78, 5) is 8.14. The van der Waals surface area contributed by atoms with Crippen molar-refractivity contribution in [2.45, 2.75) is 19.8 Å². The van der Waals surface area contributed by atoms with Crippen LogP contribution >= 0.6 is 0 Å². The third kappa shape index (κ3) is 2.06. The van der Waals surface area contributed by atoms with Gasteiger partial charge in [-0.1, -0.05) is 13.3 Å². The number of nitrogens with zero attached hydrogens (tertiary/aromatic N) is 2. The summed E-state index contributed by atoms with van der Waals surface area (Å²) in [5.41, 5.74) is 3.60. The van der Waals surface area contributed by atoms with Crippen LogP contribution in [-0.2, 0) is 6.42 Å². The number of hydrogen-bond acceptors (Lipinski definition) is 5. The average Bonchev–Trinajstić information content (AvgIpc) is 2.18. The summed E-state index contributed by atoms with van der Waals surface area (Å²) >= 11 is 0. The van der Waals surface area contributed by atoms with Crippen molar-refractivity contribution in [3.63, 3.8) is 0 Å². The predicted molar refractivity (Wildman–Crippen MR) is 53.4 cm³/mol. The van der Waals surface area contributed by atoms with Gasteiger partial charge >= 0.3 is 0 Å². The minimum atomic E-state index is 0.696. The summed E-state index contributed by atoms with van der Waals surface area (Å²) in [7, 11) is 1.84. The van der Waals surface area contributed by atoms with Crippen LogP contribution in [0.3, 0.4) is 0 Å². The van der Waals surface area contributed by atoms with Gasteiger partial charge in [0.15, 0.2) is 0 Å². The summed E-state index contributed by atoms with van der Waals surface area (Å²) in [6, 6.07) is 0. The molecular weight excluding hydrogens is 166 g/mol. The summed E-state index contributed by atoms with van der Waals surface area (Å²) in [6.07, 6.45) is 3.44. The Morgan fingerprint density at radius 1 is 1.38 bits per heavy atom. The van der Waals surface area contributed by atoms with E-state index in [-0.39, 0.29) is 0 Å². The Hall–Kier alpha value is -1.36. The molecule has 0 saturated heterocycles. The van der Waals surface area contributed by atoms with Crippen molar-refractivity contribution < 1.29 is 0 Å². The lowest BCUT2D eigenvalue weighted by atomic mass is 10.1. The van der Waals surface area contributed by atoms with Gasteiger partial charge in [0.2, 0.25) is 0 Å². The zero-order valence-electron chi connectivity index (χ0n) is 7.96. The second-order valence-electron chi connectivity index (χ2n) is 2.69. The minimum absolute atomic E-state index is 0.696. The molecule has 0 aliphatic carbocycles. The number of hydrogen-bond donors (Lipinski definition) is 3. The molecule has 1 aromatic rings. The number of hydrazine groups is 1. The van der Waals surface area contributed by atoms with Crippen molar-refractivity contribution in [2.24, 2.45) is 5.84 Å². The Morgan fingerprint density at radius 3 is 2.62 bits per heavy atom. The van der Waals surface area contributed by atoms with Crippen LogP contribution in [0.4, 0.5) is 11.6 Å². The molecule has 1 rings (SSSR count). The molecule has 5 heteroatoms. The third-order valence-corrected chi connectivity index (χ3v) is 1.82. The van der Waals surface area contributed by atoms with Crippen LogP contribution in [0.25, 0.3) is 0 Å². The molecule has 5 nitrogen and oxygen atoms in total. The molecule has 0 radical (unpaired) electrons. The molecule has 0 saturated carbocycles. The van der Waals surface area contributed by atoms with Gasteiger partial charge in [-0.15, -0.1) is 0 Å². The Kier molecular flexibility index (Phi) is 3.45. The molecule has 0 fully saturated rings. The maximum atomic E-state index is 5.34. The predicted octanol–water partition coefficient (Wildman–Crippen LogP) is 0.756. The van der Waals surface area contributed by atoms with Crippen LogP contribution in [-0.4, -0.2) is 17.0 Å². The van der Waals surface area contributed by atoms with Crippen molar-refractivity contribution in [2.75, 3.05) is 17.8 Å². The first-order chi connectivity index (χ1) is 6.33. The molecule has 0 bridgehead atoms. The number of nitrogens with two attached hydrogens (primary N) is 1. The first-order valence-corrected chi connectivity index (χ1v) is 4.31. The van der Waals surface area contributed by atoms with E-state index in [2.05, 4.69) is 27.6 Å². The Morgan fingerprint density at radius 2 is 2.08 bits per heavy atom. The molecule has 0 aliphatic rings. The van der Waals surface area contributed by atoms with Gasteiger partial charge in [0.1, 0.15) is 18.0 Å². The van der Waals surface area contributed by atoms with E-state index in [1.165, 1.54) is 6.33 Å². The largest absolute Gasteiger partial charge is 0.373 e. The molecule has 1 heterocycles. The lowest BCUT2D eigenvalue weighted by molar-refractivity contribution is 0.902. The van der Waals surface area contributed by atoms with Crippen molar-refractivity contribution in [3.8, 4) is 0 Å². The standard InChI is InChI=1S/C8H15N5/c1-3-4-6-7(10-2)11-5-12-8(6)13-9/h5H,3-4,9H2,1-2H3,(H2,10,11,12,13). The van der Waals surface area contributed by atoms with Gasteiger partial charge in [0, 0.05) is 12.6 Å². The van der Waals surface area contributed by atoms with E-state index in [1.807, 2.05) is 7.05 Å². The second kappa shape index (κ2) is 4.61. The number of aromatic nitrogens is 2. The van der Waals surface area contributed by atoms with E-state index in [1.54, 1.807) is 0 Å². The lowest BCUT2D eigenvalue weighted by Gasteiger charge is -2.10. The smallest absolute Gasteiger partial charge is 0.148 e. The van der Waals surface area contributed by atoms with E-state index in [9.17, 15) is 0 Å². The fourth-order valence-electron chi connectivity index (χ4n) is 1.24. The molecule has 0 spiro atoms. The first kappa shape index (κ1) is 9.73. The van der Waals surface area contributed by atoms with E-state index in [0.717, 1.165) is 24.2 Å². The van der Waals surface area contributed by atoms with E-state index in [0.29, 0.717) is 5.82 Å². The SMILES string of the molecule is CCCc1c(NC)ncnc1NN. The van der Waals surface area contributed by atoms with Crippen LogP contribution in [0.15, 0.2) is 6.33 Å². The zero-order chi connectivity index (χ0) is 9.68. The normalized spacial score (nSPS) is 9.77. The molecule has 0 atom stereocenters. The number of nitrogen functional groups attached to an aromatic ring is 1. The average molecular weight is 181 g/mol. The maximum absolute atomic E-state index is 5.34. The van der Waals surface area contributed by atoms with Gasteiger partial charge in [-0.25, -0.2) is 15.8 Å². The summed E-state index contributed by atoms with van der Waals surface area (Å²) in [6.45, 7) is 2.10. The molecule has 0 aliphatic heterocycles. The van der Waals surface area contributed by atoms with Gasteiger partial charge in [0.05, 0.1) is 0 Å². The Balaban J connectivity index is 3.05. The molecule has 13 heavy (non-hydrogen) atoms. The molecule has 4 N–H and O–H groups in total. The van der Waals surface area contributed by atoms with Crippen LogP contribution in [0, 0.1) is 0 Å². The lowest BCUT2D eigenvalue weighted by Crippen LogP contribution is -2.13. The summed E-state index contributed by atoms with van der Waals surface area (Å²) in [5.74, 6) is 6.87. The molecular formula is C8H15N5. The van der Waals surface area contributed by atoms with Crippen LogP contribution in [0.2, 0.25) is 0 Å². The monoisotopic (exact) mass is 181 g/mol. The highest BCUT2D eigenvalue weighted by Gasteiger charge is 2.07. The summed E-state index contributed by atoms with van der Waals surface area (Å²) < 4.78 is 0. The quantitative estimate of drug-likeness (QED) is 0.472. The highest BCUT2D eigenvalue weighted by molar-refractivity contribution is 5.56. The van der Waals surface area contributed by atoms with Crippen LogP contribution in [0.5, 0.6) is 0 Å². The maximum Gasteiger partial charge on any atom is 0.148 e. The van der Waals surface area contributed by atoms with Crippen LogP contribution in [0.1, 0.15) is 18.9 Å². The fourth-order valence-corrected chi connectivity index (χ4v) is 1.24. The van der Waals surface area contributed by atoms with Crippen molar-refractivity contribution >= 4 is 11.6 Å². The van der Waals surface area contributed by atoms with Gasteiger partial charge in [0.25, 0.3) is 0 Å². The van der Waals surface area contributed by atoms with E-state index in [4.69, 9.17) is 5.84 Å². The highest BCUT2D eigenvalue weighted by atomic mass is 15.3. The molecule has 0 unspecified atom stereocenters. The molecule has 72 valence electrons. The van der Waals surface area contributed by atoms with Crippen LogP contribution < -0.4 is 16.6 Å². The van der Waals surface area contributed by atoms with Gasteiger partial charge in [-0.05, 0) is 6.42 Å².